The fourth-order valence-electron chi connectivity index (χ4n) is 4.71. The van der Waals surface area contributed by atoms with Crippen LogP contribution in [0.4, 0.5) is 10.5 Å². The van der Waals surface area contributed by atoms with Crippen molar-refractivity contribution in [2.45, 2.75) is 37.8 Å². The number of nitro benzene ring substituents is 1. The molecule has 1 aromatic rings. The largest absolute Gasteiger partial charge is 0.465 e. The summed E-state index contributed by atoms with van der Waals surface area (Å²) in [6.07, 6.45) is 3.46. The molecular formula is C20H26N4O5. The molecule has 3 aliphatic rings. The smallest absolute Gasteiger partial charge is 0.407 e. The van der Waals surface area contributed by atoms with Crippen LogP contribution in [-0.2, 0) is 4.79 Å². The third-order valence-corrected chi connectivity index (χ3v) is 6.56. The lowest BCUT2D eigenvalue weighted by Gasteiger charge is -2.46. The summed E-state index contributed by atoms with van der Waals surface area (Å²) < 4.78 is 0. The number of likely N-dealkylation sites (tertiary alicyclic amines) is 1. The van der Waals surface area contributed by atoms with Crippen molar-refractivity contribution >= 4 is 17.7 Å². The van der Waals surface area contributed by atoms with Gasteiger partial charge >= 0.3 is 6.09 Å². The van der Waals surface area contributed by atoms with E-state index in [2.05, 4.69) is 4.90 Å². The number of carbonyl (C=O) groups excluding carboxylic acids is 1. The van der Waals surface area contributed by atoms with E-state index in [-0.39, 0.29) is 23.7 Å². The van der Waals surface area contributed by atoms with Crippen LogP contribution in [0.15, 0.2) is 24.3 Å². The van der Waals surface area contributed by atoms with E-state index in [1.54, 1.807) is 18.2 Å². The zero-order valence-corrected chi connectivity index (χ0v) is 16.3. The number of carbonyl (C=O) groups is 2. The Morgan fingerprint density at radius 3 is 2.48 bits per heavy atom. The van der Waals surface area contributed by atoms with Gasteiger partial charge in [-0.1, -0.05) is 24.6 Å². The van der Waals surface area contributed by atoms with Crippen molar-refractivity contribution in [3.05, 3.63) is 39.9 Å². The second kappa shape index (κ2) is 7.98. The molecule has 2 aliphatic heterocycles. The molecule has 9 nitrogen and oxygen atoms in total. The fourth-order valence-corrected chi connectivity index (χ4v) is 4.71. The van der Waals surface area contributed by atoms with Gasteiger partial charge in [0, 0.05) is 44.8 Å². The average molecular weight is 402 g/mol. The van der Waals surface area contributed by atoms with E-state index in [9.17, 15) is 24.8 Å². The predicted molar refractivity (Wildman–Crippen MR) is 104 cm³/mol. The van der Waals surface area contributed by atoms with E-state index >= 15 is 0 Å². The number of amides is 2. The summed E-state index contributed by atoms with van der Waals surface area (Å²) in [4.78, 5) is 41.2. The standard InChI is InChI=1S/C20H26N4O5/c25-19(22-10-4-9-21(11-12-22)14-5-3-6-14)16-13-23(20(26)27)18(16)15-7-1-2-8-17(15)24(28)29/h1-2,7-8,14,16,18H,3-6,9-13H2,(H,26,27). The van der Waals surface area contributed by atoms with Gasteiger partial charge in [-0.25, -0.2) is 4.79 Å². The number of nitrogens with zero attached hydrogens (tertiary/aromatic N) is 4. The lowest BCUT2D eigenvalue weighted by molar-refractivity contribution is -0.386. The Bertz CT molecular complexity index is 812. The average Bonchev–Trinajstić information content (AvgIpc) is 2.85. The van der Waals surface area contributed by atoms with Crippen LogP contribution in [0.3, 0.4) is 0 Å². The highest BCUT2D eigenvalue weighted by atomic mass is 16.6. The molecule has 1 saturated carbocycles. The van der Waals surface area contributed by atoms with Gasteiger partial charge in [-0.2, -0.15) is 0 Å². The maximum atomic E-state index is 13.2. The van der Waals surface area contributed by atoms with Gasteiger partial charge in [-0.15, -0.1) is 0 Å². The number of rotatable bonds is 4. The molecule has 29 heavy (non-hydrogen) atoms. The van der Waals surface area contributed by atoms with Crippen molar-refractivity contribution in [1.82, 2.24) is 14.7 Å². The first-order valence-corrected chi connectivity index (χ1v) is 10.2. The van der Waals surface area contributed by atoms with Crippen LogP contribution in [0.5, 0.6) is 0 Å². The fraction of sp³-hybridized carbons (Fsp3) is 0.600. The molecule has 2 amide bonds. The van der Waals surface area contributed by atoms with Crippen molar-refractivity contribution in [2.24, 2.45) is 5.92 Å². The molecule has 1 aromatic carbocycles. The summed E-state index contributed by atoms with van der Waals surface area (Å²) in [5.41, 5.74) is 0.142. The first-order valence-electron chi connectivity index (χ1n) is 10.2. The van der Waals surface area contributed by atoms with E-state index in [1.807, 2.05) is 4.90 Å². The van der Waals surface area contributed by atoms with Gasteiger partial charge in [0.2, 0.25) is 5.91 Å². The van der Waals surface area contributed by atoms with Crippen LogP contribution in [0, 0.1) is 16.0 Å². The highest BCUT2D eigenvalue weighted by Gasteiger charge is 2.50. The van der Waals surface area contributed by atoms with Crippen molar-refractivity contribution < 1.29 is 19.6 Å². The molecule has 0 aromatic heterocycles. The Hall–Kier alpha value is -2.68. The molecule has 2 saturated heterocycles. The molecule has 2 atom stereocenters. The minimum atomic E-state index is -1.16. The number of nitro groups is 1. The van der Waals surface area contributed by atoms with Crippen molar-refractivity contribution in [1.29, 1.82) is 0 Å². The van der Waals surface area contributed by atoms with Crippen LogP contribution in [-0.4, -0.2) is 75.5 Å². The van der Waals surface area contributed by atoms with Crippen LogP contribution in [0.25, 0.3) is 0 Å². The monoisotopic (exact) mass is 402 g/mol. The lowest BCUT2D eigenvalue weighted by atomic mass is 9.82. The number of hydrogen-bond acceptors (Lipinski definition) is 5. The molecule has 1 N–H and O–H groups in total. The van der Waals surface area contributed by atoms with Gasteiger partial charge in [0.15, 0.2) is 0 Å². The van der Waals surface area contributed by atoms with E-state index in [0.717, 1.165) is 24.4 Å². The number of benzene rings is 1. The van der Waals surface area contributed by atoms with Gasteiger partial charge in [0.05, 0.1) is 22.4 Å². The predicted octanol–water partition coefficient (Wildman–Crippen LogP) is 2.33. The topological polar surface area (TPSA) is 107 Å². The Balaban J connectivity index is 1.52. The van der Waals surface area contributed by atoms with Crippen molar-refractivity contribution in [3.63, 3.8) is 0 Å². The van der Waals surface area contributed by atoms with Gasteiger partial charge in [0.1, 0.15) is 0 Å². The lowest BCUT2D eigenvalue weighted by Crippen LogP contribution is -2.58. The quantitative estimate of drug-likeness (QED) is 0.612. The summed E-state index contributed by atoms with van der Waals surface area (Å²) in [5, 5.41) is 20.9. The molecule has 9 heteroatoms. The molecular weight excluding hydrogens is 376 g/mol. The maximum Gasteiger partial charge on any atom is 0.407 e. The molecule has 2 heterocycles. The zero-order chi connectivity index (χ0) is 20.5. The van der Waals surface area contributed by atoms with Gasteiger partial charge in [-0.05, 0) is 19.3 Å². The molecule has 2 unspecified atom stereocenters. The second-order valence-electron chi connectivity index (χ2n) is 8.10. The van der Waals surface area contributed by atoms with E-state index in [0.29, 0.717) is 19.1 Å². The van der Waals surface area contributed by atoms with Gasteiger partial charge in [0.25, 0.3) is 5.69 Å². The van der Waals surface area contributed by atoms with Crippen molar-refractivity contribution in [2.75, 3.05) is 32.7 Å². The minimum Gasteiger partial charge on any atom is -0.465 e. The summed E-state index contributed by atoms with van der Waals surface area (Å²) in [5.74, 6) is -0.677. The van der Waals surface area contributed by atoms with Gasteiger partial charge < -0.3 is 10.0 Å². The molecule has 4 rings (SSSR count). The molecule has 3 fully saturated rings. The molecule has 0 bridgehead atoms. The third kappa shape index (κ3) is 3.66. The van der Waals surface area contributed by atoms with Crippen LogP contribution in [0.2, 0.25) is 0 Å². The van der Waals surface area contributed by atoms with Gasteiger partial charge in [-0.3, -0.25) is 24.7 Å². The Labute approximate surface area is 169 Å². The maximum absolute atomic E-state index is 13.2. The molecule has 0 spiro atoms. The molecule has 1 aliphatic carbocycles. The van der Waals surface area contributed by atoms with E-state index < -0.39 is 23.0 Å². The Kier molecular flexibility index (Phi) is 5.40. The zero-order valence-electron chi connectivity index (χ0n) is 16.3. The Morgan fingerprint density at radius 1 is 1.07 bits per heavy atom. The summed E-state index contributed by atoms with van der Waals surface area (Å²) >= 11 is 0. The molecule has 156 valence electrons. The highest BCUT2D eigenvalue weighted by Crippen LogP contribution is 2.43. The van der Waals surface area contributed by atoms with Crippen molar-refractivity contribution in [3.8, 4) is 0 Å². The van der Waals surface area contributed by atoms with E-state index in [4.69, 9.17) is 0 Å². The normalized spacial score (nSPS) is 25.7. The minimum absolute atomic E-state index is 0.0771. The third-order valence-electron chi connectivity index (χ3n) is 6.56. The first-order chi connectivity index (χ1) is 14.0. The SMILES string of the molecule is O=C(C1CN(C(=O)O)C1c1ccccc1[N+](=O)[O-])N1CCCN(C2CCC2)CC1. The molecule has 0 radical (unpaired) electrons. The summed E-state index contributed by atoms with van der Waals surface area (Å²) in [7, 11) is 0. The highest BCUT2D eigenvalue weighted by molar-refractivity contribution is 5.84. The number of carboxylic acid groups (broad SMARTS) is 1. The first kappa shape index (κ1) is 19.6. The number of para-hydroxylation sites is 1. The summed E-state index contributed by atoms with van der Waals surface area (Å²) in [6.45, 7) is 3.17. The van der Waals surface area contributed by atoms with E-state index in [1.165, 1.54) is 25.3 Å². The second-order valence-corrected chi connectivity index (χ2v) is 8.10. The van der Waals surface area contributed by atoms with Crippen LogP contribution in [0.1, 0.15) is 37.3 Å². The Morgan fingerprint density at radius 2 is 1.83 bits per heavy atom. The number of hydrogen-bond donors (Lipinski definition) is 1. The van der Waals surface area contributed by atoms with Crippen LogP contribution < -0.4 is 0 Å². The summed E-state index contributed by atoms with van der Waals surface area (Å²) in [6, 6.07) is 5.93. The van der Waals surface area contributed by atoms with Crippen LogP contribution >= 0.6 is 0 Å².